The summed E-state index contributed by atoms with van der Waals surface area (Å²) in [6, 6.07) is 5.23. The van der Waals surface area contributed by atoms with Crippen LogP contribution in [0.1, 0.15) is 23.2 Å². The molecule has 0 aromatic heterocycles. The Morgan fingerprint density at radius 1 is 1.40 bits per heavy atom. The van der Waals surface area contributed by atoms with Gasteiger partial charge >= 0.3 is 0 Å². The van der Waals surface area contributed by atoms with E-state index < -0.39 is 0 Å². The SMILES string of the molecule is COc1ccc(C(=O)CCN2CCCNCC2)cc1N. The topological polar surface area (TPSA) is 67.6 Å². The van der Waals surface area contributed by atoms with Crippen LogP contribution >= 0.6 is 0 Å². The third-order valence-corrected chi connectivity index (χ3v) is 3.64. The zero-order chi connectivity index (χ0) is 14.4. The van der Waals surface area contributed by atoms with Crippen LogP contribution in [0.4, 0.5) is 5.69 Å². The summed E-state index contributed by atoms with van der Waals surface area (Å²) in [6.07, 6.45) is 1.68. The van der Waals surface area contributed by atoms with Crippen LogP contribution < -0.4 is 15.8 Å². The number of ether oxygens (including phenoxy) is 1. The van der Waals surface area contributed by atoms with Crippen LogP contribution in [0.2, 0.25) is 0 Å². The molecule has 1 aliphatic heterocycles. The largest absolute Gasteiger partial charge is 0.495 e. The number of nitrogens with one attached hydrogen (secondary N) is 1. The molecule has 0 unspecified atom stereocenters. The second kappa shape index (κ2) is 7.26. The molecule has 0 aliphatic carbocycles. The van der Waals surface area contributed by atoms with Gasteiger partial charge in [-0.1, -0.05) is 0 Å². The van der Waals surface area contributed by atoms with Crippen molar-refractivity contribution in [3.05, 3.63) is 23.8 Å². The van der Waals surface area contributed by atoms with Crippen LogP contribution in [-0.2, 0) is 0 Å². The average molecular weight is 277 g/mol. The van der Waals surface area contributed by atoms with Gasteiger partial charge in [-0.2, -0.15) is 0 Å². The minimum atomic E-state index is 0.136. The van der Waals surface area contributed by atoms with E-state index in [1.54, 1.807) is 25.3 Å². The zero-order valence-corrected chi connectivity index (χ0v) is 12.0. The van der Waals surface area contributed by atoms with Crippen molar-refractivity contribution in [1.82, 2.24) is 10.2 Å². The number of Topliss-reactive ketones (excluding diaryl/α,β-unsaturated/α-hetero) is 1. The lowest BCUT2D eigenvalue weighted by Crippen LogP contribution is -2.30. The molecule has 1 aromatic rings. The predicted molar refractivity (Wildman–Crippen MR) is 80.3 cm³/mol. The Hall–Kier alpha value is -1.59. The third kappa shape index (κ3) is 3.95. The molecule has 3 N–H and O–H groups in total. The molecule has 1 fully saturated rings. The van der Waals surface area contributed by atoms with Gasteiger partial charge in [-0.15, -0.1) is 0 Å². The predicted octanol–water partition coefficient (Wildman–Crippen LogP) is 1.15. The zero-order valence-electron chi connectivity index (χ0n) is 12.0. The second-order valence-corrected chi connectivity index (χ2v) is 5.08. The van der Waals surface area contributed by atoms with Gasteiger partial charge in [0.2, 0.25) is 0 Å². The van der Waals surface area contributed by atoms with Gasteiger partial charge in [0.15, 0.2) is 5.78 Å². The summed E-state index contributed by atoms with van der Waals surface area (Å²) < 4.78 is 5.10. The molecule has 1 aromatic carbocycles. The molecule has 1 saturated heterocycles. The van der Waals surface area contributed by atoms with Crippen molar-refractivity contribution in [2.45, 2.75) is 12.8 Å². The number of rotatable bonds is 5. The highest BCUT2D eigenvalue weighted by Gasteiger charge is 2.13. The number of ketones is 1. The van der Waals surface area contributed by atoms with E-state index in [4.69, 9.17) is 10.5 Å². The second-order valence-electron chi connectivity index (χ2n) is 5.08. The van der Waals surface area contributed by atoms with Crippen molar-refractivity contribution < 1.29 is 9.53 Å². The maximum atomic E-state index is 12.2. The standard InChI is InChI=1S/C15H23N3O2/c1-20-15-4-3-12(11-13(15)16)14(19)5-9-18-8-2-6-17-7-10-18/h3-4,11,17H,2,5-10,16H2,1H3. The van der Waals surface area contributed by atoms with Crippen LogP contribution in [0.5, 0.6) is 5.75 Å². The fourth-order valence-electron chi connectivity index (χ4n) is 2.44. The van der Waals surface area contributed by atoms with E-state index in [9.17, 15) is 4.79 Å². The first-order valence-electron chi connectivity index (χ1n) is 7.10. The highest BCUT2D eigenvalue weighted by Crippen LogP contribution is 2.22. The lowest BCUT2D eigenvalue weighted by molar-refractivity contribution is 0.0965. The number of benzene rings is 1. The molecular weight excluding hydrogens is 254 g/mol. The molecule has 0 spiro atoms. The number of nitrogens with two attached hydrogens (primary N) is 1. The van der Waals surface area contributed by atoms with Crippen LogP contribution in [0, 0.1) is 0 Å². The summed E-state index contributed by atoms with van der Waals surface area (Å²) in [5, 5.41) is 3.36. The quantitative estimate of drug-likeness (QED) is 0.624. The van der Waals surface area contributed by atoms with Gasteiger partial charge in [0.1, 0.15) is 5.75 Å². The lowest BCUT2D eigenvalue weighted by atomic mass is 10.1. The van der Waals surface area contributed by atoms with Gasteiger partial charge in [-0.25, -0.2) is 0 Å². The number of nitrogen functional groups attached to an aromatic ring is 1. The van der Waals surface area contributed by atoms with E-state index in [1.807, 2.05) is 0 Å². The van der Waals surface area contributed by atoms with Crippen molar-refractivity contribution in [3.63, 3.8) is 0 Å². The van der Waals surface area contributed by atoms with Crippen molar-refractivity contribution >= 4 is 11.5 Å². The van der Waals surface area contributed by atoms with E-state index >= 15 is 0 Å². The van der Waals surface area contributed by atoms with Crippen molar-refractivity contribution in [3.8, 4) is 5.75 Å². The molecule has 1 heterocycles. The third-order valence-electron chi connectivity index (χ3n) is 3.64. The number of methoxy groups -OCH3 is 1. The Morgan fingerprint density at radius 2 is 2.25 bits per heavy atom. The van der Waals surface area contributed by atoms with E-state index in [1.165, 1.54) is 0 Å². The van der Waals surface area contributed by atoms with Crippen molar-refractivity contribution in [2.75, 3.05) is 45.6 Å². The minimum absolute atomic E-state index is 0.136. The number of anilines is 1. The Balaban J connectivity index is 1.89. The van der Waals surface area contributed by atoms with Crippen LogP contribution in [0.25, 0.3) is 0 Å². The maximum Gasteiger partial charge on any atom is 0.164 e. The van der Waals surface area contributed by atoms with Crippen LogP contribution in [-0.4, -0.2) is 50.5 Å². The summed E-state index contributed by atoms with van der Waals surface area (Å²) in [4.78, 5) is 14.5. The molecule has 0 amide bonds. The summed E-state index contributed by atoms with van der Waals surface area (Å²) in [5.41, 5.74) is 7.01. The maximum absolute atomic E-state index is 12.2. The van der Waals surface area contributed by atoms with Gasteiger partial charge < -0.3 is 20.7 Å². The fraction of sp³-hybridized carbons (Fsp3) is 0.533. The fourth-order valence-corrected chi connectivity index (χ4v) is 2.44. The summed E-state index contributed by atoms with van der Waals surface area (Å²) in [6.45, 7) is 4.96. The summed E-state index contributed by atoms with van der Waals surface area (Å²) in [5.74, 6) is 0.747. The lowest BCUT2D eigenvalue weighted by Gasteiger charge is -2.18. The van der Waals surface area contributed by atoms with Crippen molar-refractivity contribution in [1.29, 1.82) is 0 Å². The van der Waals surface area contributed by atoms with Gasteiger partial charge in [0.25, 0.3) is 0 Å². The Morgan fingerprint density at radius 3 is 3.00 bits per heavy atom. The summed E-state index contributed by atoms with van der Waals surface area (Å²) >= 11 is 0. The van der Waals surface area contributed by atoms with E-state index in [2.05, 4.69) is 10.2 Å². The molecule has 20 heavy (non-hydrogen) atoms. The Kier molecular flexibility index (Phi) is 5.38. The summed E-state index contributed by atoms with van der Waals surface area (Å²) in [7, 11) is 1.57. The number of carbonyl (C=O) groups excluding carboxylic acids is 1. The number of hydrogen-bond donors (Lipinski definition) is 2. The average Bonchev–Trinajstić information content (AvgIpc) is 2.73. The number of nitrogens with zero attached hydrogens (tertiary/aromatic N) is 1. The van der Waals surface area contributed by atoms with Gasteiger partial charge in [-0.05, 0) is 37.7 Å². The highest BCUT2D eigenvalue weighted by atomic mass is 16.5. The van der Waals surface area contributed by atoms with E-state index in [-0.39, 0.29) is 5.78 Å². The smallest absolute Gasteiger partial charge is 0.164 e. The normalized spacial score (nSPS) is 16.6. The Labute approximate surface area is 120 Å². The van der Waals surface area contributed by atoms with Gasteiger partial charge in [-0.3, -0.25) is 4.79 Å². The Bertz CT molecular complexity index is 454. The first kappa shape index (κ1) is 14.8. The monoisotopic (exact) mass is 277 g/mol. The number of carbonyl (C=O) groups is 1. The minimum Gasteiger partial charge on any atom is -0.495 e. The molecule has 0 atom stereocenters. The molecule has 5 nitrogen and oxygen atoms in total. The molecule has 0 saturated carbocycles. The van der Waals surface area contributed by atoms with Gasteiger partial charge in [0, 0.05) is 31.6 Å². The molecule has 110 valence electrons. The van der Waals surface area contributed by atoms with E-state index in [0.29, 0.717) is 23.4 Å². The van der Waals surface area contributed by atoms with E-state index in [0.717, 1.165) is 39.1 Å². The van der Waals surface area contributed by atoms with Gasteiger partial charge in [0.05, 0.1) is 12.8 Å². The molecule has 0 bridgehead atoms. The molecular formula is C15H23N3O2. The molecule has 5 heteroatoms. The molecule has 1 aliphatic rings. The van der Waals surface area contributed by atoms with Crippen LogP contribution in [0.15, 0.2) is 18.2 Å². The first-order chi connectivity index (χ1) is 9.70. The molecule has 0 radical (unpaired) electrons. The highest BCUT2D eigenvalue weighted by molar-refractivity contribution is 5.97. The van der Waals surface area contributed by atoms with Crippen LogP contribution in [0.3, 0.4) is 0 Å². The first-order valence-corrected chi connectivity index (χ1v) is 7.10. The number of hydrogen-bond acceptors (Lipinski definition) is 5. The van der Waals surface area contributed by atoms with Crippen molar-refractivity contribution in [2.24, 2.45) is 0 Å². The molecule has 2 rings (SSSR count).